The third kappa shape index (κ3) is 4.69. The van der Waals surface area contributed by atoms with E-state index in [1.807, 2.05) is 6.92 Å². The maximum absolute atomic E-state index is 13.7. The molecule has 1 aliphatic carbocycles. The number of rotatable bonds is 6. The van der Waals surface area contributed by atoms with Gasteiger partial charge in [-0.3, -0.25) is 9.59 Å². The van der Waals surface area contributed by atoms with Crippen LogP contribution in [0.3, 0.4) is 0 Å². The molecule has 2 N–H and O–H groups in total. The molecule has 1 saturated carbocycles. The molecule has 0 radical (unpaired) electrons. The molecule has 1 aromatic heterocycles. The Hall–Kier alpha value is -2.45. The summed E-state index contributed by atoms with van der Waals surface area (Å²) < 4.78 is 18.7. The second kappa shape index (κ2) is 8.28. The van der Waals surface area contributed by atoms with E-state index in [1.54, 1.807) is 6.92 Å². The van der Waals surface area contributed by atoms with Crippen molar-refractivity contribution < 1.29 is 23.5 Å². The highest BCUT2D eigenvalue weighted by molar-refractivity contribution is 7.16. The van der Waals surface area contributed by atoms with Gasteiger partial charge in [-0.15, -0.1) is 11.3 Å². The first-order valence-corrected chi connectivity index (χ1v) is 9.78. The van der Waals surface area contributed by atoms with Crippen molar-refractivity contribution in [3.63, 3.8) is 0 Å². The number of hydrogen-bond acceptors (Lipinski definition) is 5. The predicted molar refractivity (Wildman–Crippen MR) is 105 cm³/mol. The number of anilines is 2. The highest BCUT2D eigenvalue weighted by Crippen LogP contribution is 2.36. The van der Waals surface area contributed by atoms with Gasteiger partial charge in [-0.2, -0.15) is 0 Å². The molecule has 1 heterocycles. The van der Waals surface area contributed by atoms with Gasteiger partial charge in [0.15, 0.2) is 6.61 Å². The van der Waals surface area contributed by atoms with Gasteiger partial charge >= 0.3 is 5.97 Å². The topological polar surface area (TPSA) is 84.5 Å². The fraction of sp³-hybridized carbons (Fsp3) is 0.316. The third-order valence-electron chi connectivity index (χ3n) is 4.31. The van der Waals surface area contributed by atoms with Crippen LogP contribution >= 0.6 is 22.9 Å². The van der Waals surface area contributed by atoms with Crippen LogP contribution in [0, 0.1) is 25.6 Å². The number of carbonyl (C=O) groups is 3. The average Bonchev–Trinajstić information content (AvgIpc) is 3.44. The van der Waals surface area contributed by atoms with Crippen LogP contribution in [0.25, 0.3) is 0 Å². The molecule has 1 fully saturated rings. The third-order valence-corrected chi connectivity index (χ3v) is 5.67. The summed E-state index contributed by atoms with van der Waals surface area (Å²) in [6.07, 6.45) is 1.68. The quantitative estimate of drug-likeness (QED) is 0.677. The van der Waals surface area contributed by atoms with E-state index in [1.165, 1.54) is 23.5 Å². The van der Waals surface area contributed by atoms with Gasteiger partial charge in [-0.25, -0.2) is 9.18 Å². The lowest BCUT2D eigenvalue weighted by Gasteiger charge is -2.09. The zero-order chi connectivity index (χ0) is 20.4. The van der Waals surface area contributed by atoms with Gasteiger partial charge in [0.05, 0.1) is 11.3 Å². The van der Waals surface area contributed by atoms with Crippen molar-refractivity contribution in [2.75, 3.05) is 17.2 Å². The largest absolute Gasteiger partial charge is 0.452 e. The predicted octanol–water partition coefficient (Wildman–Crippen LogP) is 4.30. The molecule has 6 nitrogen and oxygen atoms in total. The highest BCUT2D eigenvalue weighted by Gasteiger charge is 2.31. The van der Waals surface area contributed by atoms with E-state index in [0.717, 1.165) is 23.8 Å². The Morgan fingerprint density at radius 2 is 1.96 bits per heavy atom. The van der Waals surface area contributed by atoms with Crippen LogP contribution in [-0.2, 0) is 14.3 Å². The molecule has 148 valence electrons. The van der Waals surface area contributed by atoms with Crippen LogP contribution in [0.5, 0.6) is 0 Å². The Labute approximate surface area is 170 Å². The number of nitrogens with one attached hydrogen (secondary N) is 2. The van der Waals surface area contributed by atoms with Crippen LogP contribution in [0.1, 0.15) is 33.6 Å². The Bertz CT molecular complexity index is 956. The summed E-state index contributed by atoms with van der Waals surface area (Å²) in [5.74, 6) is -2.22. The zero-order valence-electron chi connectivity index (χ0n) is 15.2. The minimum Gasteiger partial charge on any atom is -0.452 e. The fourth-order valence-electron chi connectivity index (χ4n) is 2.50. The van der Waals surface area contributed by atoms with Gasteiger partial charge in [0.1, 0.15) is 10.8 Å². The number of aryl methyl sites for hydroxylation is 1. The second-order valence-corrected chi connectivity index (χ2v) is 8.16. The molecule has 1 aliphatic rings. The number of benzene rings is 1. The van der Waals surface area contributed by atoms with Gasteiger partial charge in [0, 0.05) is 15.8 Å². The van der Waals surface area contributed by atoms with Crippen LogP contribution in [0.2, 0.25) is 5.02 Å². The molecule has 0 saturated heterocycles. The van der Waals surface area contributed by atoms with Crippen LogP contribution in [0.4, 0.5) is 15.1 Å². The average molecular weight is 425 g/mol. The number of halogens is 2. The minimum atomic E-state index is -0.727. The summed E-state index contributed by atoms with van der Waals surface area (Å²) in [7, 11) is 0. The van der Waals surface area contributed by atoms with Gasteiger partial charge in [-0.05, 0) is 50.5 Å². The molecule has 0 aliphatic heterocycles. The van der Waals surface area contributed by atoms with Crippen LogP contribution in [0.15, 0.2) is 18.2 Å². The van der Waals surface area contributed by atoms with E-state index in [2.05, 4.69) is 10.6 Å². The number of esters is 1. The van der Waals surface area contributed by atoms with E-state index >= 15 is 0 Å². The number of thiophene rings is 1. The maximum atomic E-state index is 13.7. The summed E-state index contributed by atoms with van der Waals surface area (Å²) in [5.41, 5.74) is 0.814. The summed E-state index contributed by atoms with van der Waals surface area (Å²) in [5, 5.41) is 5.75. The number of ether oxygens (including phenoxy) is 1. The van der Waals surface area contributed by atoms with Crippen molar-refractivity contribution in [3.05, 3.63) is 45.0 Å². The first-order chi connectivity index (χ1) is 13.3. The zero-order valence-corrected chi connectivity index (χ0v) is 16.8. The van der Waals surface area contributed by atoms with Crippen LogP contribution < -0.4 is 10.6 Å². The van der Waals surface area contributed by atoms with Crippen LogP contribution in [-0.4, -0.2) is 24.4 Å². The molecular weight excluding hydrogens is 407 g/mol. The monoisotopic (exact) mass is 424 g/mol. The molecule has 0 atom stereocenters. The molecule has 28 heavy (non-hydrogen) atoms. The van der Waals surface area contributed by atoms with Crippen molar-refractivity contribution in [1.29, 1.82) is 0 Å². The molecular formula is C19H18ClFN2O4S. The minimum absolute atomic E-state index is 0.00930. The first kappa shape index (κ1) is 20.3. The molecule has 2 amide bonds. The first-order valence-electron chi connectivity index (χ1n) is 8.59. The summed E-state index contributed by atoms with van der Waals surface area (Å²) in [4.78, 5) is 37.4. The van der Waals surface area contributed by atoms with Crippen molar-refractivity contribution in [2.24, 2.45) is 5.92 Å². The summed E-state index contributed by atoms with van der Waals surface area (Å²) in [6.45, 7) is 2.98. The normalized spacial score (nSPS) is 13.1. The lowest BCUT2D eigenvalue weighted by molar-refractivity contribution is -0.119. The summed E-state index contributed by atoms with van der Waals surface area (Å²) in [6, 6.07) is 3.73. The van der Waals surface area contributed by atoms with E-state index in [-0.39, 0.29) is 28.1 Å². The van der Waals surface area contributed by atoms with Gasteiger partial charge < -0.3 is 15.4 Å². The number of carbonyl (C=O) groups excluding carboxylic acids is 3. The number of hydrogen-bond donors (Lipinski definition) is 2. The SMILES string of the molecule is Cc1sc(NC(=O)C2CC2)c(C(=O)OCC(=O)Nc2cc(Cl)ccc2F)c1C. The molecule has 0 spiro atoms. The lowest BCUT2D eigenvalue weighted by atomic mass is 10.1. The molecule has 2 aromatic rings. The Kier molecular flexibility index (Phi) is 6.00. The summed E-state index contributed by atoms with van der Waals surface area (Å²) >= 11 is 7.06. The van der Waals surface area contributed by atoms with E-state index in [4.69, 9.17) is 16.3 Å². The highest BCUT2D eigenvalue weighted by atomic mass is 35.5. The molecule has 3 rings (SSSR count). The van der Waals surface area contributed by atoms with Gasteiger partial charge in [0.25, 0.3) is 5.91 Å². The lowest BCUT2D eigenvalue weighted by Crippen LogP contribution is -2.22. The molecule has 9 heteroatoms. The second-order valence-electron chi connectivity index (χ2n) is 6.50. The molecule has 0 bridgehead atoms. The Balaban J connectivity index is 1.65. The van der Waals surface area contributed by atoms with E-state index in [0.29, 0.717) is 10.6 Å². The fourth-order valence-corrected chi connectivity index (χ4v) is 3.73. The van der Waals surface area contributed by atoms with Gasteiger partial charge in [0.2, 0.25) is 5.91 Å². The van der Waals surface area contributed by atoms with Gasteiger partial charge in [-0.1, -0.05) is 11.6 Å². The van der Waals surface area contributed by atoms with E-state index < -0.39 is 24.3 Å². The van der Waals surface area contributed by atoms with Crippen molar-refractivity contribution in [1.82, 2.24) is 0 Å². The standard InChI is InChI=1S/C19H18ClFN2O4S/c1-9-10(2)28-18(23-17(25)11-3-4-11)16(9)19(26)27-8-15(24)22-14-7-12(20)5-6-13(14)21/h5-7,11H,3-4,8H2,1-2H3,(H,22,24)(H,23,25). The smallest absolute Gasteiger partial charge is 0.341 e. The number of amides is 2. The molecule has 1 aromatic carbocycles. The Morgan fingerprint density at radius 3 is 2.64 bits per heavy atom. The Morgan fingerprint density at radius 1 is 1.25 bits per heavy atom. The van der Waals surface area contributed by atoms with Crippen molar-refractivity contribution >= 4 is 51.4 Å². The van der Waals surface area contributed by atoms with Crippen molar-refractivity contribution in [3.8, 4) is 0 Å². The molecule has 0 unspecified atom stereocenters. The van der Waals surface area contributed by atoms with Crippen molar-refractivity contribution in [2.45, 2.75) is 26.7 Å². The van der Waals surface area contributed by atoms with E-state index in [9.17, 15) is 18.8 Å². The maximum Gasteiger partial charge on any atom is 0.341 e.